The molecule has 0 saturated carbocycles. The zero-order valence-electron chi connectivity index (χ0n) is 6.05. The van der Waals surface area contributed by atoms with Crippen LogP contribution in [-0.2, 0) is 0 Å². The molecule has 0 aliphatic carbocycles. The topological polar surface area (TPSA) is 28.0 Å². The lowest BCUT2D eigenvalue weighted by Crippen LogP contribution is -2.28. The first-order valence-corrected chi connectivity index (χ1v) is 2.97. The summed E-state index contributed by atoms with van der Waals surface area (Å²) < 4.78 is 0. The van der Waals surface area contributed by atoms with Crippen LogP contribution in [0, 0.1) is 0 Å². The van der Waals surface area contributed by atoms with E-state index in [0.717, 1.165) is 18.3 Å². The van der Waals surface area contributed by atoms with Crippen molar-refractivity contribution in [1.29, 1.82) is 0 Å². The summed E-state index contributed by atoms with van der Waals surface area (Å²) in [6, 6.07) is 0. The predicted octanol–water partition coefficient (Wildman–Crippen LogP) is 0.726. The molecule has 0 aromatic heterocycles. The van der Waals surface area contributed by atoms with Gasteiger partial charge in [-0.05, 0) is 13.8 Å². The van der Waals surface area contributed by atoms with Crippen molar-refractivity contribution in [3.05, 3.63) is 0 Å². The van der Waals surface area contributed by atoms with E-state index in [4.69, 9.17) is 0 Å². The minimum absolute atomic E-state index is 0.751. The van der Waals surface area contributed by atoms with Gasteiger partial charge in [-0.3, -0.25) is 0 Å². The molecule has 1 aliphatic rings. The van der Waals surface area contributed by atoms with E-state index < -0.39 is 0 Å². The maximum absolute atomic E-state index is 4.16. The van der Waals surface area contributed by atoms with Crippen molar-refractivity contribution in [2.24, 2.45) is 9.98 Å². The van der Waals surface area contributed by atoms with Crippen molar-refractivity contribution in [3.63, 3.8) is 0 Å². The van der Waals surface area contributed by atoms with Crippen LogP contribution in [0.15, 0.2) is 9.98 Å². The maximum atomic E-state index is 4.16. The fourth-order valence-electron chi connectivity index (χ4n) is 0.666. The van der Waals surface area contributed by atoms with Gasteiger partial charge >= 0.3 is 0 Å². The normalized spacial score (nSPS) is 19.2. The van der Waals surface area contributed by atoms with Gasteiger partial charge in [0.05, 0.1) is 0 Å². The quantitative estimate of drug-likeness (QED) is 0.469. The van der Waals surface area contributed by atoms with Crippen LogP contribution in [-0.4, -0.2) is 30.3 Å². The summed E-state index contributed by atoms with van der Waals surface area (Å²) >= 11 is 0. The van der Waals surface area contributed by atoms with Crippen LogP contribution >= 0.6 is 0 Å². The summed E-state index contributed by atoms with van der Waals surface area (Å²) in [5.41, 5.74) is 0. The smallest absolute Gasteiger partial charge is 0.124 e. The molecule has 0 bridgehead atoms. The molecular weight excluding hydrogens is 114 g/mol. The van der Waals surface area contributed by atoms with Crippen LogP contribution in [0.25, 0.3) is 0 Å². The SMILES string of the molecule is CC1=NCN(C)C(C)=N1. The Hall–Kier alpha value is -0.860. The first kappa shape index (κ1) is 6.26. The number of nitrogens with zero attached hydrogens (tertiary/aromatic N) is 3. The van der Waals surface area contributed by atoms with E-state index in [-0.39, 0.29) is 0 Å². The molecule has 0 unspecified atom stereocenters. The number of hydrogen-bond donors (Lipinski definition) is 0. The highest BCUT2D eigenvalue weighted by Gasteiger charge is 2.03. The number of hydrogen-bond acceptors (Lipinski definition) is 3. The van der Waals surface area contributed by atoms with Crippen LogP contribution in [0.2, 0.25) is 0 Å². The van der Waals surface area contributed by atoms with Crippen molar-refractivity contribution in [2.45, 2.75) is 13.8 Å². The van der Waals surface area contributed by atoms with Crippen molar-refractivity contribution >= 4 is 11.7 Å². The zero-order chi connectivity index (χ0) is 6.85. The molecule has 0 aromatic rings. The molecule has 0 aromatic carbocycles. The van der Waals surface area contributed by atoms with Gasteiger partial charge in [-0.1, -0.05) is 0 Å². The second-order valence-electron chi connectivity index (χ2n) is 2.20. The Morgan fingerprint density at radius 1 is 1.44 bits per heavy atom. The average molecular weight is 125 g/mol. The van der Waals surface area contributed by atoms with Crippen LogP contribution in [0.3, 0.4) is 0 Å². The zero-order valence-corrected chi connectivity index (χ0v) is 6.05. The van der Waals surface area contributed by atoms with Gasteiger partial charge in [0.1, 0.15) is 18.3 Å². The van der Waals surface area contributed by atoms with E-state index in [2.05, 4.69) is 9.98 Å². The molecule has 0 saturated heterocycles. The molecule has 1 aliphatic heterocycles. The standard InChI is InChI=1S/C6H11N3/c1-5-7-4-9(3)6(2)8-5/h4H2,1-3H3. The van der Waals surface area contributed by atoms with Gasteiger partial charge in [0.2, 0.25) is 0 Å². The number of rotatable bonds is 0. The second-order valence-corrected chi connectivity index (χ2v) is 2.20. The molecule has 0 fully saturated rings. The van der Waals surface area contributed by atoms with Gasteiger partial charge < -0.3 is 4.90 Å². The van der Waals surface area contributed by atoms with E-state index in [9.17, 15) is 0 Å². The van der Waals surface area contributed by atoms with Crippen molar-refractivity contribution in [1.82, 2.24) is 4.90 Å². The Kier molecular flexibility index (Phi) is 1.51. The first-order valence-electron chi connectivity index (χ1n) is 2.97. The van der Waals surface area contributed by atoms with E-state index in [0.29, 0.717) is 0 Å². The summed E-state index contributed by atoms with van der Waals surface area (Å²) in [7, 11) is 1.98. The first-order chi connectivity index (χ1) is 4.20. The van der Waals surface area contributed by atoms with Crippen molar-refractivity contribution in [2.75, 3.05) is 13.7 Å². The third kappa shape index (κ3) is 1.28. The Balaban J connectivity index is 2.74. The van der Waals surface area contributed by atoms with Gasteiger partial charge in [-0.15, -0.1) is 0 Å². The Bertz CT molecular complexity index is 169. The molecule has 0 spiro atoms. The largest absolute Gasteiger partial charge is 0.344 e. The molecular formula is C6H11N3. The summed E-state index contributed by atoms with van der Waals surface area (Å²) in [4.78, 5) is 10.3. The Morgan fingerprint density at radius 2 is 2.11 bits per heavy atom. The van der Waals surface area contributed by atoms with Gasteiger partial charge in [-0.25, -0.2) is 9.98 Å². The minimum atomic E-state index is 0.751. The minimum Gasteiger partial charge on any atom is -0.344 e. The molecule has 0 atom stereocenters. The molecule has 3 heteroatoms. The lowest BCUT2D eigenvalue weighted by Gasteiger charge is -2.19. The fraction of sp³-hybridized carbons (Fsp3) is 0.667. The fourth-order valence-corrected chi connectivity index (χ4v) is 0.666. The summed E-state index contributed by atoms with van der Waals surface area (Å²) in [6.45, 7) is 4.65. The van der Waals surface area contributed by atoms with Crippen LogP contribution in [0.5, 0.6) is 0 Å². The molecule has 50 valence electrons. The molecule has 1 rings (SSSR count). The Morgan fingerprint density at radius 3 is 2.56 bits per heavy atom. The summed E-state index contributed by atoms with van der Waals surface area (Å²) in [5, 5.41) is 0. The number of aliphatic imine (C=N–C) groups is 2. The highest BCUT2D eigenvalue weighted by Crippen LogP contribution is 1.96. The number of amidine groups is 2. The predicted molar refractivity (Wildman–Crippen MR) is 38.8 cm³/mol. The monoisotopic (exact) mass is 125 g/mol. The molecule has 9 heavy (non-hydrogen) atoms. The van der Waals surface area contributed by atoms with Crippen molar-refractivity contribution in [3.8, 4) is 0 Å². The third-order valence-electron chi connectivity index (χ3n) is 1.39. The van der Waals surface area contributed by atoms with Crippen molar-refractivity contribution < 1.29 is 0 Å². The summed E-state index contributed by atoms with van der Waals surface area (Å²) in [6.07, 6.45) is 0. The van der Waals surface area contributed by atoms with Gasteiger partial charge in [0.25, 0.3) is 0 Å². The highest BCUT2D eigenvalue weighted by atomic mass is 15.3. The van der Waals surface area contributed by atoms with Gasteiger partial charge in [0.15, 0.2) is 0 Å². The second kappa shape index (κ2) is 2.17. The van der Waals surface area contributed by atoms with E-state index in [1.807, 2.05) is 25.8 Å². The molecule has 3 nitrogen and oxygen atoms in total. The molecule has 0 radical (unpaired) electrons. The van der Waals surface area contributed by atoms with Gasteiger partial charge in [0, 0.05) is 7.05 Å². The lowest BCUT2D eigenvalue weighted by molar-refractivity contribution is 0.513. The molecule has 1 heterocycles. The van der Waals surface area contributed by atoms with Crippen LogP contribution in [0.1, 0.15) is 13.8 Å². The molecule has 0 amide bonds. The van der Waals surface area contributed by atoms with Gasteiger partial charge in [-0.2, -0.15) is 0 Å². The Labute approximate surface area is 55.1 Å². The van der Waals surface area contributed by atoms with Crippen LogP contribution < -0.4 is 0 Å². The van der Waals surface area contributed by atoms with Crippen LogP contribution in [0.4, 0.5) is 0 Å². The maximum Gasteiger partial charge on any atom is 0.124 e. The highest BCUT2D eigenvalue weighted by molar-refractivity contribution is 5.96. The van der Waals surface area contributed by atoms with E-state index in [1.54, 1.807) is 0 Å². The third-order valence-corrected chi connectivity index (χ3v) is 1.39. The summed E-state index contributed by atoms with van der Waals surface area (Å²) in [5.74, 6) is 1.92. The average Bonchev–Trinajstić information content (AvgIpc) is 1.80. The van der Waals surface area contributed by atoms with E-state index >= 15 is 0 Å². The lowest BCUT2D eigenvalue weighted by atomic mass is 10.5. The molecule has 0 N–H and O–H groups in total. The van der Waals surface area contributed by atoms with E-state index in [1.165, 1.54) is 0 Å².